The summed E-state index contributed by atoms with van der Waals surface area (Å²) < 4.78 is 25.7. The van der Waals surface area contributed by atoms with Crippen LogP contribution >= 0.6 is 15.9 Å². The van der Waals surface area contributed by atoms with Crippen LogP contribution in [0.2, 0.25) is 0 Å². The minimum atomic E-state index is -3.59. The van der Waals surface area contributed by atoms with Crippen LogP contribution in [0.5, 0.6) is 0 Å². The van der Waals surface area contributed by atoms with Crippen LogP contribution in [0.15, 0.2) is 58.2 Å². The van der Waals surface area contributed by atoms with Crippen molar-refractivity contribution in [1.82, 2.24) is 9.97 Å². The Morgan fingerprint density at radius 2 is 1.86 bits per heavy atom. The summed E-state index contributed by atoms with van der Waals surface area (Å²) in [5.74, 6) is -0.176. The highest BCUT2D eigenvalue weighted by molar-refractivity contribution is 9.10. The number of halogens is 1. The summed E-state index contributed by atoms with van der Waals surface area (Å²) in [6.45, 7) is 0. The van der Waals surface area contributed by atoms with Crippen LogP contribution < -0.4 is 5.73 Å². The fourth-order valence-electron chi connectivity index (χ4n) is 2.17. The third-order valence-electron chi connectivity index (χ3n) is 3.19. The summed E-state index contributed by atoms with van der Waals surface area (Å²) >= 11 is 3.21. The molecule has 0 aliphatic carbocycles. The Bertz CT molecular complexity index is 958. The molecule has 112 valence electrons. The lowest BCUT2D eigenvalue weighted by atomic mass is 10.2. The summed E-state index contributed by atoms with van der Waals surface area (Å²) in [5, 5.41) is 0.899. The molecule has 0 spiro atoms. The van der Waals surface area contributed by atoms with Crippen molar-refractivity contribution in [3.63, 3.8) is 0 Å². The molecule has 0 saturated carbocycles. The average molecular weight is 378 g/mol. The Hall–Kier alpha value is -1.99. The minimum absolute atomic E-state index is 0.00283. The van der Waals surface area contributed by atoms with Crippen molar-refractivity contribution in [2.24, 2.45) is 0 Å². The van der Waals surface area contributed by atoms with Gasteiger partial charge in [0.1, 0.15) is 10.7 Å². The number of fused-ring (bicyclic) bond motifs is 1. The second-order valence-electron chi connectivity index (χ2n) is 4.83. The van der Waals surface area contributed by atoms with E-state index < -0.39 is 9.84 Å². The molecule has 0 unspecified atom stereocenters. The molecule has 2 aromatic heterocycles. The molecule has 0 aliphatic heterocycles. The van der Waals surface area contributed by atoms with E-state index in [0.29, 0.717) is 10.0 Å². The molecule has 0 radical (unpaired) electrons. The molecule has 22 heavy (non-hydrogen) atoms. The standard InChI is InChI=1S/C15H12BrN3O2S/c16-12-6-14(15(17)19-8-12)22(20,21)9-10-5-11-3-1-2-4-13(11)18-7-10/h1-8H,9H2,(H2,17,19). The molecule has 1 aromatic carbocycles. The number of para-hydroxylation sites is 1. The van der Waals surface area contributed by atoms with Crippen LogP contribution in [0.1, 0.15) is 5.56 Å². The lowest BCUT2D eigenvalue weighted by Crippen LogP contribution is -2.09. The predicted molar refractivity (Wildman–Crippen MR) is 89.0 cm³/mol. The fourth-order valence-corrected chi connectivity index (χ4v) is 4.09. The summed E-state index contributed by atoms with van der Waals surface area (Å²) in [6.07, 6.45) is 3.04. The highest BCUT2D eigenvalue weighted by atomic mass is 79.9. The molecule has 0 amide bonds. The number of rotatable bonds is 3. The quantitative estimate of drug-likeness (QED) is 0.757. The number of sulfone groups is 1. The van der Waals surface area contributed by atoms with Crippen molar-refractivity contribution in [3.8, 4) is 0 Å². The van der Waals surface area contributed by atoms with Crippen LogP contribution in [0.3, 0.4) is 0 Å². The molecule has 2 heterocycles. The first kappa shape index (κ1) is 14.9. The summed E-state index contributed by atoms with van der Waals surface area (Å²) in [6, 6.07) is 10.8. The number of nitrogens with two attached hydrogens (primary N) is 1. The number of benzene rings is 1. The van der Waals surface area contributed by atoms with Gasteiger partial charge in [-0.2, -0.15) is 0 Å². The number of nitrogens with zero attached hydrogens (tertiary/aromatic N) is 2. The zero-order chi connectivity index (χ0) is 15.7. The maximum Gasteiger partial charge on any atom is 0.186 e. The minimum Gasteiger partial charge on any atom is -0.383 e. The van der Waals surface area contributed by atoms with E-state index in [1.54, 1.807) is 6.20 Å². The number of hydrogen-bond acceptors (Lipinski definition) is 5. The van der Waals surface area contributed by atoms with E-state index in [9.17, 15) is 8.42 Å². The second-order valence-corrected chi connectivity index (χ2v) is 7.71. The number of pyridine rings is 2. The van der Waals surface area contributed by atoms with Gasteiger partial charge in [0.25, 0.3) is 0 Å². The number of hydrogen-bond donors (Lipinski definition) is 1. The van der Waals surface area contributed by atoms with E-state index in [1.807, 2.05) is 30.3 Å². The zero-order valence-electron chi connectivity index (χ0n) is 11.4. The largest absolute Gasteiger partial charge is 0.383 e. The van der Waals surface area contributed by atoms with Crippen molar-refractivity contribution < 1.29 is 8.42 Å². The van der Waals surface area contributed by atoms with Crippen molar-refractivity contribution in [2.75, 3.05) is 5.73 Å². The third kappa shape index (κ3) is 2.95. The van der Waals surface area contributed by atoms with Crippen LogP contribution in [-0.2, 0) is 15.6 Å². The Morgan fingerprint density at radius 3 is 2.68 bits per heavy atom. The third-order valence-corrected chi connectivity index (χ3v) is 5.33. The van der Waals surface area contributed by atoms with Gasteiger partial charge in [0.05, 0.1) is 11.3 Å². The summed E-state index contributed by atoms with van der Waals surface area (Å²) in [5.41, 5.74) is 7.13. The lowest BCUT2D eigenvalue weighted by Gasteiger charge is -2.08. The Kier molecular flexibility index (Phi) is 3.84. The lowest BCUT2D eigenvalue weighted by molar-refractivity contribution is 0.595. The van der Waals surface area contributed by atoms with Gasteiger partial charge in [0, 0.05) is 22.3 Å². The van der Waals surface area contributed by atoms with Gasteiger partial charge in [-0.3, -0.25) is 4.98 Å². The van der Waals surface area contributed by atoms with E-state index in [2.05, 4.69) is 25.9 Å². The van der Waals surface area contributed by atoms with Crippen LogP contribution in [0.25, 0.3) is 10.9 Å². The normalized spacial score (nSPS) is 11.7. The first-order valence-electron chi connectivity index (χ1n) is 6.43. The molecule has 0 atom stereocenters. The monoisotopic (exact) mass is 377 g/mol. The summed E-state index contributed by atoms with van der Waals surface area (Å²) in [7, 11) is -3.59. The van der Waals surface area contributed by atoms with Crippen molar-refractivity contribution in [1.29, 1.82) is 0 Å². The Morgan fingerprint density at radius 1 is 1.09 bits per heavy atom. The topological polar surface area (TPSA) is 85.9 Å². The maximum atomic E-state index is 12.5. The molecule has 0 bridgehead atoms. The number of nitrogen functional groups attached to an aromatic ring is 1. The highest BCUT2D eigenvalue weighted by Gasteiger charge is 2.20. The highest BCUT2D eigenvalue weighted by Crippen LogP contribution is 2.25. The predicted octanol–water partition coefficient (Wildman–Crippen LogP) is 2.95. The molecular formula is C15H12BrN3O2S. The van der Waals surface area contributed by atoms with Gasteiger partial charge in [0.2, 0.25) is 0 Å². The molecule has 2 N–H and O–H groups in total. The van der Waals surface area contributed by atoms with Gasteiger partial charge < -0.3 is 5.73 Å². The number of aromatic nitrogens is 2. The van der Waals surface area contributed by atoms with E-state index in [-0.39, 0.29) is 16.5 Å². The van der Waals surface area contributed by atoms with Crippen LogP contribution in [0, 0.1) is 0 Å². The van der Waals surface area contributed by atoms with Gasteiger partial charge in [-0.05, 0) is 39.7 Å². The van der Waals surface area contributed by atoms with E-state index in [4.69, 9.17) is 5.73 Å². The number of anilines is 1. The van der Waals surface area contributed by atoms with E-state index >= 15 is 0 Å². The fraction of sp³-hybridized carbons (Fsp3) is 0.0667. The SMILES string of the molecule is Nc1ncc(Br)cc1S(=O)(=O)Cc1cnc2ccccc2c1. The molecule has 7 heteroatoms. The molecule has 3 rings (SSSR count). The van der Waals surface area contributed by atoms with Gasteiger partial charge in [-0.1, -0.05) is 18.2 Å². The smallest absolute Gasteiger partial charge is 0.186 e. The average Bonchev–Trinajstić information content (AvgIpc) is 2.49. The van der Waals surface area contributed by atoms with Crippen molar-refractivity contribution >= 4 is 42.5 Å². The zero-order valence-corrected chi connectivity index (χ0v) is 13.8. The van der Waals surface area contributed by atoms with Crippen LogP contribution in [0.4, 0.5) is 5.82 Å². The van der Waals surface area contributed by atoms with Gasteiger partial charge >= 0.3 is 0 Å². The van der Waals surface area contributed by atoms with Gasteiger partial charge in [-0.25, -0.2) is 13.4 Å². The molecule has 0 aliphatic rings. The Balaban J connectivity index is 2.01. The molecule has 0 saturated heterocycles. The van der Waals surface area contributed by atoms with E-state index in [1.165, 1.54) is 12.3 Å². The van der Waals surface area contributed by atoms with Crippen molar-refractivity contribution in [2.45, 2.75) is 10.6 Å². The molecule has 0 fully saturated rings. The first-order valence-corrected chi connectivity index (χ1v) is 8.88. The van der Waals surface area contributed by atoms with Gasteiger partial charge in [0.15, 0.2) is 9.84 Å². The summed E-state index contributed by atoms with van der Waals surface area (Å²) in [4.78, 5) is 8.17. The second kappa shape index (κ2) is 5.66. The van der Waals surface area contributed by atoms with E-state index in [0.717, 1.165) is 10.9 Å². The first-order chi connectivity index (χ1) is 10.5. The van der Waals surface area contributed by atoms with Crippen LogP contribution in [-0.4, -0.2) is 18.4 Å². The van der Waals surface area contributed by atoms with Crippen molar-refractivity contribution in [3.05, 3.63) is 58.8 Å². The molecular weight excluding hydrogens is 366 g/mol. The van der Waals surface area contributed by atoms with Gasteiger partial charge in [-0.15, -0.1) is 0 Å². The Labute approximate surface area is 136 Å². The molecule has 5 nitrogen and oxygen atoms in total. The molecule has 3 aromatic rings. The maximum absolute atomic E-state index is 12.5.